The van der Waals surface area contributed by atoms with Crippen LogP contribution < -0.4 is 4.74 Å². The maximum atomic E-state index is 5.17. The lowest BCUT2D eigenvalue weighted by Gasteiger charge is -2.01. The molecule has 11 heavy (non-hydrogen) atoms. The van der Waals surface area contributed by atoms with Gasteiger partial charge in [0.1, 0.15) is 5.75 Å². The Bertz CT molecular complexity index is 281. The first-order valence-electron chi connectivity index (χ1n) is 3.45. The second-order valence-corrected chi connectivity index (χ2v) is 2.25. The largest absolute Gasteiger partial charge is 0.476 e. The van der Waals surface area contributed by atoms with E-state index in [-0.39, 0.29) is 0 Å². The fourth-order valence-corrected chi connectivity index (χ4v) is 0.971. The number of para-hydroxylation sites is 1. The number of hydrogen-bond acceptors (Lipinski definition) is 2. The Kier molecular flexibility index (Phi) is 1.60. The van der Waals surface area contributed by atoms with Crippen LogP contribution in [0, 0.1) is 6.61 Å². The van der Waals surface area contributed by atoms with Crippen LogP contribution in [0.2, 0.25) is 0 Å². The molecule has 0 bridgehead atoms. The van der Waals surface area contributed by atoms with Crippen LogP contribution in [0.15, 0.2) is 29.3 Å². The Morgan fingerprint density at radius 2 is 2.27 bits per heavy atom. The molecule has 2 nitrogen and oxygen atoms in total. The summed E-state index contributed by atoms with van der Waals surface area (Å²) in [4.78, 5) is 4.05. The lowest BCUT2D eigenvalue weighted by molar-refractivity contribution is 0.409. The SMILES string of the molecule is [C]1CN=Cc2ccccc2O1. The number of ether oxygens (including phenoxy) is 1. The van der Waals surface area contributed by atoms with Crippen LogP contribution in [0.5, 0.6) is 5.75 Å². The molecule has 0 unspecified atom stereocenters. The molecular weight excluding hydrogens is 138 g/mol. The summed E-state index contributed by atoms with van der Waals surface area (Å²) in [6.07, 6.45) is 1.80. The van der Waals surface area contributed by atoms with Gasteiger partial charge in [-0.2, -0.15) is 0 Å². The highest BCUT2D eigenvalue weighted by Gasteiger charge is 2.03. The number of benzene rings is 1. The van der Waals surface area contributed by atoms with Gasteiger partial charge < -0.3 is 4.74 Å². The van der Waals surface area contributed by atoms with Crippen molar-refractivity contribution in [3.8, 4) is 5.75 Å². The van der Waals surface area contributed by atoms with E-state index in [9.17, 15) is 0 Å². The zero-order valence-corrected chi connectivity index (χ0v) is 5.95. The van der Waals surface area contributed by atoms with Gasteiger partial charge in [-0.15, -0.1) is 0 Å². The molecule has 0 amide bonds. The van der Waals surface area contributed by atoms with Crippen molar-refractivity contribution in [3.63, 3.8) is 0 Å². The van der Waals surface area contributed by atoms with Crippen LogP contribution >= 0.6 is 0 Å². The average molecular weight is 145 g/mol. The molecule has 1 aromatic rings. The molecule has 0 aromatic heterocycles. The third kappa shape index (κ3) is 1.24. The summed E-state index contributed by atoms with van der Waals surface area (Å²) in [7, 11) is 0. The molecule has 1 aromatic carbocycles. The van der Waals surface area contributed by atoms with Gasteiger partial charge in [0.25, 0.3) is 0 Å². The van der Waals surface area contributed by atoms with Crippen molar-refractivity contribution >= 4 is 6.21 Å². The third-order valence-corrected chi connectivity index (χ3v) is 1.49. The number of rotatable bonds is 0. The van der Waals surface area contributed by atoms with Crippen molar-refractivity contribution in [3.05, 3.63) is 36.4 Å². The normalized spacial score (nSPS) is 14.9. The molecule has 2 radical (unpaired) electrons. The smallest absolute Gasteiger partial charge is 0.219 e. The van der Waals surface area contributed by atoms with Gasteiger partial charge in [0.15, 0.2) is 0 Å². The van der Waals surface area contributed by atoms with E-state index in [1.807, 2.05) is 24.3 Å². The first-order valence-corrected chi connectivity index (χ1v) is 3.45. The van der Waals surface area contributed by atoms with Gasteiger partial charge in [0, 0.05) is 11.8 Å². The van der Waals surface area contributed by atoms with Crippen LogP contribution in [0.3, 0.4) is 0 Å². The number of aliphatic imine (C=N–C) groups is 1. The van der Waals surface area contributed by atoms with Crippen molar-refractivity contribution in [2.75, 3.05) is 6.54 Å². The Balaban J connectivity index is 2.45. The van der Waals surface area contributed by atoms with Crippen LogP contribution in [0.1, 0.15) is 5.56 Å². The van der Waals surface area contributed by atoms with Gasteiger partial charge in [-0.25, -0.2) is 0 Å². The molecular formula is C9H7NO. The summed E-state index contributed by atoms with van der Waals surface area (Å²) in [5.41, 5.74) is 1.01. The Labute approximate surface area is 65.5 Å². The summed E-state index contributed by atoms with van der Waals surface area (Å²) >= 11 is 0. The predicted octanol–water partition coefficient (Wildman–Crippen LogP) is 1.54. The van der Waals surface area contributed by atoms with Crippen molar-refractivity contribution in [1.29, 1.82) is 0 Å². The van der Waals surface area contributed by atoms with Gasteiger partial charge in [-0.3, -0.25) is 4.99 Å². The molecule has 0 atom stereocenters. The third-order valence-electron chi connectivity index (χ3n) is 1.49. The molecule has 1 aliphatic heterocycles. The molecule has 0 spiro atoms. The number of fused-ring (bicyclic) bond motifs is 1. The van der Waals surface area contributed by atoms with E-state index in [0.29, 0.717) is 6.54 Å². The maximum absolute atomic E-state index is 5.17. The molecule has 1 heterocycles. The highest BCUT2D eigenvalue weighted by molar-refractivity contribution is 5.83. The van der Waals surface area contributed by atoms with E-state index < -0.39 is 0 Å². The summed E-state index contributed by atoms with van der Waals surface area (Å²) in [5.74, 6) is 0.828. The zero-order valence-electron chi connectivity index (χ0n) is 5.95. The van der Waals surface area contributed by atoms with Crippen LogP contribution in [0.25, 0.3) is 0 Å². The van der Waals surface area contributed by atoms with Crippen LogP contribution in [-0.4, -0.2) is 12.8 Å². The van der Waals surface area contributed by atoms with Gasteiger partial charge in [-0.05, 0) is 12.1 Å². The van der Waals surface area contributed by atoms with Crippen molar-refractivity contribution < 1.29 is 4.74 Å². The highest BCUT2D eigenvalue weighted by atomic mass is 16.5. The molecule has 54 valence electrons. The van der Waals surface area contributed by atoms with E-state index in [1.165, 1.54) is 0 Å². The Morgan fingerprint density at radius 3 is 3.27 bits per heavy atom. The molecule has 0 N–H and O–H groups in total. The topological polar surface area (TPSA) is 21.6 Å². The molecule has 2 rings (SSSR count). The quantitative estimate of drug-likeness (QED) is 0.542. The molecule has 0 saturated carbocycles. The van der Waals surface area contributed by atoms with E-state index in [1.54, 1.807) is 6.21 Å². The minimum atomic E-state index is 0.509. The monoisotopic (exact) mass is 145 g/mol. The maximum Gasteiger partial charge on any atom is 0.219 e. The van der Waals surface area contributed by atoms with Gasteiger partial charge in [0.05, 0.1) is 6.54 Å². The Hall–Kier alpha value is -1.31. The first kappa shape index (κ1) is 6.40. The fourth-order valence-electron chi connectivity index (χ4n) is 0.971. The second kappa shape index (κ2) is 2.74. The minimum absolute atomic E-state index is 0.509. The van der Waals surface area contributed by atoms with Crippen molar-refractivity contribution in [1.82, 2.24) is 0 Å². The number of nitrogens with zero attached hydrogens (tertiary/aromatic N) is 1. The molecule has 0 fully saturated rings. The lowest BCUT2D eigenvalue weighted by Crippen LogP contribution is -1.91. The van der Waals surface area contributed by atoms with Crippen LogP contribution in [-0.2, 0) is 0 Å². The van der Waals surface area contributed by atoms with Gasteiger partial charge >= 0.3 is 0 Å². The summed E-state index contributed by atoms with van der Waals surface area (Å²) in [5, 5.41) is 0. The number of hydrogen-bond donors (Lipinski definition) is 0. The van der Waals surface area contributed by atoms with E-state index >= 15 is 0 Å². The first-order chi connectivity index (χ1) is 5.47. The van der Waals surface area contributed by atoms with Gasteiger partial charge in [-0.1, -0.05) is 12.1 Å². The van der Waals surface area contributed by atoms with E-state index in [0.717, 1.165) is 11.3 Å². The second-order valence-electron chi connectivity index (χ2n) is 2.25. The average Bonchev–Trinajstić information content (AvgIpc) is 2.28. The van der Waals surface area contributed by atoms with Crippen molar-refractivity contribution in [2.24, 2.45) is 4.99 Å². The summed E-state index contributed by atoms with van der Waals surface area (Å²) < 4.78 is 5.17. The zero-order chi connectivity index (χ0) is 7.52. The standard InChI is InChI=1S/C9H7NO/c1-2-4-9-8(3-1)7-10-5-6-11-9/h1-4,7H,5H2. The van der Waals surface area contributed by atoms with Gasteiger partial charge in [0.2, 0.25) is 6.61 Å². The van der Waals surface area contributed by atoms with E-state index in [4.69, 9.17) is 4.74 Å². The minimum Gasteiger partial charge on any atom is -0.476 e. The van der Waals surface area contributed by atoms with E-state index in [2.05, 4.69) is 11.6 Å². The molecule has 0 aliphatic carbocycles. The molecule has 2 heteroatoms. The summed E-state index contributed by atoms with van der Waals surface area (Å²) in [6, 6.07) is 7.75. The Morgan fingerprint density at radius 1 is 1.36 bits per heavy atom. The van der Waals surface area contributed by atoms with Crippen LogP contribution in [0.4, 0.5) is 0 Å². The fraction of sp³-hybridized carbons (Fsp3) is 0.111. The lowest BCUT2D eigenvalue weighted by atomic mass is 10.2. The van der Waals surface area contributed by atoms with Crippen molar-refractivity contribution in [2.45, 2.75) is 0 Å². The molecule has 1 aliphatic rings. The summed E-state index contributed by atoms with van der Waals surface area (Å²) in [6.45, 7) is 3.21. The predicted molar refractivity (Wildman–Crippen MR) is 42.8 cm³/mol. The highest BCUT2D eigenvalue weighted by Crippen LogP contribution is 2.18. The molecule has 0 saturated heterocycles.